The first-order valence-corrected chi connectivity index (χ1v) is 29.2. The molecule has 0 saturated carbocycles. The summed E-state index contributed by atoms with van der Waals surface area (Å²) in [6, 6.07) is 99.8. The van der Waals surface area contributed by atoms with Crippen LogP contribution in [0.2, 0.25) is 0 Å². The minimum Gasteiger partial charge on any atom is -0.248 e. The standard InChI is InChI=1S/C81H57N3/c1-80(2)71-28-16-13-25-62(71)64-41-39-56(47-73(64)80)60-45-69(58-40-42-65-63-26-14-17-29-72(63)81(3,4)74(65)48-58)78-70(46-60)77(54-35-31-50(32-36-54)59-43-57-23-11-12-24-61(57)67(44-59)51-19-7-5-8-20-51)83-79(84-78)55-37-33-53(34-38-55)76-49-68(52-21-9-6-10-22-52)66-27-15-18-30-75(66)82-76/h5-49H,1-4H3. The molecule has 396 valence electrons. The minimum atomic E-state index is -0.195. The Morgan fingerprint density at radius 1 is 0.250 bits per heavy atom. The van der Waals surface area contributed by atoms with Gasteiger partial charge in [0.15, 0.2) is 5.82 Å². The van der Waals surface area contributed by atoms with Gasteiger partial charge < -0.3 is 0 Å². The van der Waals surface area contributed by atoms with Crippen molar-refractivity contribution in [3.63, 3.8) is 0 Å². The first kappa shape index (κ1) is 49.5. The monoisotopic (exact) mass is 1070 g/mol. The molecule has 12 aromatic carbocycles. The molecule has 2 aliphatic carbocycles. The Balaban J connectivity index is 0.905. The summed E-state index contributed by atoms with van der Waals surface area (Å²) in [7, 11) is 0. The van der Waals surface area contributed by atoms with Crippen LogP contribution in [0.3, 0.4) is 0 Å². The summed E-state index contributed by atoms with van der Waals surface area (Å²) >= 11 is 0. The highest BCUT2D eigenvalue weighted by Gasteiger charge is 2.37. The van der Waals surface area contributed by atoms with Crippen LogP contribution in [0.1, 0.15) is 49.9 Å². The Hall–Kier alpha value is -10.4. The van der Waals surface area contributed by atoms with Crippen molar-refractivity contribution in [1.82, 2.24) is 15.0 Å². The van der Waals surface area contributed by atoms with Crippen molar-refractivity contribution in [2.45, 2.75) is 38.5 Å². The molecule has 14 aromatic rings. The number of aromatic nitrogens is 3. The predicted molar refractivity (Wildman–Crippen MR) is 351 cm³/mol. The molecule has 16 rings (SSSR count). The summed E-state index contributed by atoms with van der Waals surface area (Å²) in [4.78, 5) is 16.6. The fourth-order valence-electron chi connectivity index (χ4n) is 13.8. The van der Waals surface area contributed by atoms with E-state index in [1.165, 1.54) is 66.4 Å². The van der Waals surface area contributed by atoms with E-state index in [1.54, 1.807) is 0 Å². The topological polar surface area (TPSA) is 38.7 Å². The summed E-state index contributed by atoms with van der Waals surface area (Å²) in [5.74, 6) is 0.659. The Kier molecular flexibility index (Phi) is 11.3. The zero-order valence-electron chi connectivity index (χ0n) is 47.3. The molecule has 0 atom stereocenters. The molecule has 84 heavy (non-hydrogen) atoms. The van der Waals surface area contributed by atoms with Crippen LogP contribution in [0.25, 0.3) is 144 Å². The smallest absolute Gasteiger partial charge is 0.160 e. The number of rotatable bonds is 8. The molecule has 2 heterocycles. The molecule has 0 spiro atoms. The molecule has 0 amide bonds. The molecule has 3 nitrogen and oxygen atoms in total. The average Bonchev–Trinajstić information content (AvgIpc) is 2.29. The molecule has 3 heteroatoms. The van der Waals surface area contributed by atoms with Crippen LogP contribution in [-0.2, 0) is 10.8 Å². The molecule has 0 radical (unpaired) electrons. The third-order valence-corrected chi connectivity index (χ3v) is 18.3. The third kappa shape index (κ3) is 7.98. The van der Waals surface area contributed by atoms with Gasteiger partial charge in [-0.2, -0.15) is 0 Å². The lowest BCUT2D eigenvalue weighted by molar-refractivity contribution is 0.660. The van der Waals surface area contributed by atoms with E-state index in [-0.39, 0.29) is 10.8 Å². The van der Waals surface area contributed by atoms with Crippen molar-refractivity contribution in [2.75, 3.05) is 0 Å². The molecule has 0 aliphatic heterocycles. The molecular weight excluding hydrogens is 1010 g/mol. The Morgan fingerprint density at radius 2 is 0.738 bits per heavy atom. The lowest BCUT2D eigenvalue weighted by atomic mass is 9.81. The number of pyridine rings is 1. The number of hydrogen-bond acceptors (Lipinski definition) is 3. The van der Waals surface area contributed by atoms with Crippen molar-refractivity contribution >= 4 is 32.6 Å². The fraction of sp³-hybridized carbons (Fsp3) is 0.0741. The highest BCUT2D eigenvalue weighted by atomic mass is 14.9. The lowest BCUT2D eigenvalue weighted by Crippen LogP contribution is -2.15. The zero-order valence-corrected chi connectivity index (χ0v) is 47.3. The van der Waals surface area contributed by atoms with Crippen LogP contribution < -0.4 is 0 Å². The molecule has 0 unspecified atom stereocenters. The van der Waals surface area contributed by atoms with Gasteiger partial charge in [0.1, 0.15) is 0 Å². The van der Waals surface area contributed by atoms with Gasteiger partial charge in [-0.25, -0.2) is 15.0 Å². The predicted octanol–water partition coefficient (Wildman–Crippen LogP) is 21.3. The number of benzene rings is 12. The molecule has 2 aromatic heterocycles. The van der Waals surface area contributed by atoms with E-state index in [9.17, 15) is 0 Å². The second-order valence-electron chi connectivity index (χ2n) is 23.9. The van der Waals surface area contributed by atoms with Gasteiger partial charge in [-0.1, -0.05) is 252 Å². The van der Waals surface area contributed by atoms with Crippen molar-refractivity contribution < 1.29 is 0 Å². The molecule has 0 bridgehead atoms. The number of nitrogens with zero attached hydrogens (tertiary/aromatic N) is 3. The number of hydrogen-bond donors (Lipinski definition) is 0. The van der Waals surface area contributed by atoms with Crippen LogP contribution in [0.4, 0.5) is 0 Å². The van der Waals surface area contributed by atoms with Crippen molar-refractivity contribution in [3.05, 3.63) is 295 Å². The zero-order chi connectivity index (χ0) is 56.3. The maximum absolute atomic E-state index is 5.72. The Bertz CT molecular complexity index is 4980. The van der Waals surface area contributed by atoms with E-state index in [2.05, 4.69) is 301 Å². The third-order valence-electron chi connectivity index (χ3n) is 18.3. The van der Waals surface area contributed by atoms with Gasteiger partial charge in [-0.3, -0.25) is 0 Å². The van der Waals surface area contributed by atoms with E-state index in [0.29, 0.717) is 5.82 Å². The summed E-state index contributed by atoms with van der Waals surface area (Å²) in [6.45, 7) is 9.45. The van der Waals surface area contributed by atoms with Crippen LogP contribution >= 0.6 is 0 Å². The van der Waals surface area contributed by atoms with Gasteiger partial charge in [-0.05, 0) is 154 Å². The summed E-state index contributed by atoms with van der Waals surface area (Å²) in [5, 5.41) is 4.57. The fourth-order valence-corrected chi connectivity index (χ4v) is 13.8. The van der Waals surface area contributed by atoms with E-state index >= 15 is 0 Å². The SMILES string of the molecule is CC1(C)c2ccccc2-c2ccc(-c3cc(-c4ccc5c(c4)C(C)(C)c4ccccc4-5)c4nc(-c5ccc(-c6cc(-c7ccccc7)c7ccccc7n6)cc5)nc(-c5ccc(-c6cc(-c7ccccc7)c7ccccc7c6)cc5)c4c3)cc21. The molecule has 0 N–H and O–H groups in total. The first-order chi connectivity index (χ1) is 41.1. The Morgan fingerprint density at radius 3 is 1.42 bits per heavy atom. The lowest BCUT2D eigenvalue weighted by Gasteiger charge is -2.23. The van der Waals surface area contributed by atoms with Gasteiger partial charge in [0.05, 0.1) is 22.4 Å². The van der Waals surface area contributed by atoms with E-state index < -0.39 is 0 Å². The van der Waals surface area contributed by atoms with Crippen molar-refractivity contribution in [2.24, 2.45) is 0 Å². The van der Waals surface area contributed by atoms with Gasteiger partial charge in [0.25, 0.3) is 0 Å². The summed E-state index contributed by atoms with van der Waals surface area (Å²) in [5.41, 5.74) is 28.4. The largest absolute Gasteiger partial charge is 0.248 e. The van der Waals surface area contributed by atoms with E-state index in [0.717, 1.165) is 94.4 Å². The van der Waals surface area contributed by atoms with E-state index in [4.69, 9.17) is 15.0 Å². The summed E-state index contributed by atoms with van der Waals surface area (Å²) < 4.78 is 0. The second-order valence-corrected chi connectivity index (χ2v) is 23.9. The van der Waals surface area contributed by atoms with Crippen LogP contribution in [0, 0.1) is 0 Å². The van der Waals surface area contributed by atoms with Gasteiger partial charge in [0, 0.05) is 43.9 Å². The highest BCUT2D eigenvalue weighted by molar-refractivity contribution is 6.06. The molecule has 2 aliphatic rings. The second kappa shape index (κ2) is 19.1. The molecular formula is C81H57N3. The first-order valence-electron chi connectivity index (χ1n) is 29.2. The number of fused-ring (bicyclic) bond motifs is 9. The van der Waals surface area contributed by atoms with Crippen molar-refractivity contribution in [1.29, 1.82) is 0 Å². The minimum absolute atomic E-state index is 0.163. The van der Waals surface area contributed by atoms with Crippen LogP contribution in [0.15, 0.2) is 273 Å². The quantitative estimate of drug-likeness (QED) is 0.152. The van der Waals surface area contributed by atoms with Gasteiger partial charge >= 0.3 is 0 Å². The number of para-hydroxylation sites is 1. The van der Waals surface area contributed by atoms with Crippen LogP contribution in [-0.4, -0.2) is 15.0 Å². The van der Waals surface area contributed by atoms with Gasteiger partial charge in [-0.15, -0.1) is 0 Å². The molecule has 0 saturated heterocycles. The van der Waals surface area contributed by atoms with Crippen molar-refractivity contribution in [3.8, 4) is 112 Å². The maximum Gasteiger partial charge on any atom is 0.160 e. The van der Waals surface area contributed by atoms with E-state index in [1.807, 2.05) is 0 Å². The maximum atomic E-state index is 5.72. The molecule has 0 fully saturated rings. The highest BCUT2D eigenvalue weighted by Crippen LogP contribution is 2.52. The van der Waals surface area contributed by atoms with Gasteiger partial charge in [0.2, 0.25) is 0 Å². The van der Waals surface area contributed by atoms with Crippen LogP contribution in [0.5, 0.6) is 0 Å². The average molecular weight is 1070 g/mol. The Labute approximate surface area is 490 Å². The summed E-state index contributed by atoms with van der Waals surface area (Å²) in [6.07, 6.45) is 0. The normalized spacial score (nSPS) is 13.4.